The first kappa shape index (κ1) is 16.6. The SMILES string of the molecule is COc1ccc(C(=O)NCc2cncc(-c3cccnc3)c2)cc1F. The molecule has 1 N–H and O–H groups in total. The summed E-state index contributed by atoms with van der Waals surface area (Å²) >= 11 is 0. The molecule has 126 valence electrons. The molecule has 1 amide bonds. The molecule has 2 aromatic heterocycles. The lowest BCUT2D eigenvalue weighted by atomic mass is 10.1. The normalized spacial score (nSPS) is 10.3. The molecule has 0 aliphatic rings. The zero-order valence-corrected chi connectivity index (χ0v) is 13.6. The molecule has 0 spiro atoms. The fourth-order valence-electron chi connectivity index (χ4n) is 2.37. The third kappa shape index (κ3) is 3.98. The van der Waals surface area contributed by atoms with Gasteiger partial charge in [0.15, 0.2) is 11.6 Å². The molecule has 0 fully saturated rings. The van der Waals surface area contributed by atoms with Crippen LogP contribution in [0.1, 0.15) is 15.9 Å². The molecular formula is C19H16FN3O2. The van der Waals surface area contributed by atoms with Crippen LogP contribution in [0.2, 0.25) is 0 Å². The highest BCUT2D eigenvalue weighted by Crippen LogP contribution is 2.19. The van der Waals surface area contributed by atoms with Crippen LogP contribution in [-0.2, 0) is 6.54 Å². The molecule has 3 aromatic rings. The molecule has 1 aromatic carbocycles. The molecule has 0 atom stereocenters. The van der Waals surface area contributed by atoms with Gasteiger partial charge >= 0.3 is 0 Å². The lowest BCUT2D eigenvalue weighted by molar-refractivity contribution is 0.0950. The molecule has 0 aliphatic carbocycles. The summed E-state index contributed by atoms with van der Waals surface area (Å²) in [6.07, 6.45) is 6.87. The predicted octanol–water partition coefficient (Wildman–Crippen LogP) is 3.22. The van der Waals surface area contributed by atoms with Gasteiger partial charge in [0.1, 0.15) is 0 Å². The summed E-state index contributed by atoms with van der Waals surface area (Å²) in [7, 11) is 1.38. The van der Waals surface area contributed by atoms with Gasteiger partial charge in [0.05, 0.1) is 7.11 Å². The minimum atomic E-state index is -0.574. The van der Waals surface area contributed by atoms with Crippen LogP contribution in [0.25, 0.3) is 11.1 Å². The Morgan fingerprint density at radius 3 is 2.68 bits per heavy atom. The van der Waals surface area contributed by atoms with Crippen molar-refractivity contribution < 1.29 is 13.9 Å². The molecule has 5 nitrogen and oxygen atoms in total. The van der Waals surface area contributed by atoms with Crippen molar-refractivity contribution in [3.05, 3.63) is 78.1 Å². The first-order chi connectivity index (χ1) is 12.2. The van der Waals surface area contributed by atoms with Crippen LogP contribution < -0.4 is 10.1 Å². The monoisotopic (exact) mass is 337 g/mol. The topological polar surface area (TPSA) is 64.1 Å². The molecule has 6 heteroatoms. The summed E-state index contributed by atoms with van der Waals surface area (Å²) in [6.45, 7) is 0.285. The van der Waals surface area contributed by atoms with E-state index in [-0.39, 0.29) is 23.8 Å². The number of hydrogen-bond acceptors (Lipinski definition) is 4. The minimum Gasteiger partial charge on any atom is -0.494 e. The Morgan fingerprint density at radius 1 is 1.12 bits per heavy atom. The second-order valence-electron chi connectivity index (χ2n) is 5.36. The maximum Gasteiger partial charge on any atom is 0.251 e. The van der Waals surface area contributed by atoms with E-state index in [9.17, 15) is 9.18 Å². The highest BCUT2D eigenvalue weighted by molar-refractivity contribution is 5.94. The minimum absolute atomic E-state index is 0.102. The van der Waals surface area contributed by atoms with E-state index in [0.29, 0.717) is 0 Å². The van der Waals surface area contributed by atoms with Gasteiger partial charge in [-0.3, -0.25) is 14.8 Å². The molecule has 0 saturated heterocycles. The van der Waals surface area contributed by atoms with Gasteiger partial charge in [-0.2, -0.15) is 0 Å². The van der Waals surface area contributed by atoms with E-state index in [0.717, 1.165) is 22.8 Å². The average Bonchev–Trinajstić information content (AvgIpc) is 2.67. The van der Waals surface area contributed by atoms with Gasteiger partial charge in [0, 0.05) is 48.0 Å². The highest BCUT2D eigenvalue weighted by atomic mass is 19.1. The van der Waals surface area contributed by atoms with Crippen molar-refractivity contribution in [2.75, 3.05) is 7.11 Å². The van der Waals surface area contributed by atoms with E-state index in [4.69, 9.17) is 4.74 Å². The number of halogens is 1. The molecule has 0 unspecified atom stereocenters. The average molecular weight is 337 g/mol. The maximum atomic E-state index is 13.7. The summed E-state index contributed by atoms with van der Waals surface area (Å²) in [5.41, 5.74) is 2.93. The van der Waals surface area contributed by atoms with Gasteiger partial charge in [-0.25, -0.2) is 4.39 Å². The van der Waals surface area contributed by atoms with Crippen LogP contribution >= 0.6 is 0 Å². The molecule has 0 bridgehead atoms. The Labute approximate surface area is 144 Å². The van der Waals surface area contributed by atoms with E-state index in [1.165, 1.54) is 19.2 Å². The lowest BCUT2D eigenvalue weighted by Gasteiger charge is -2.08. The quantitative estimate of drug-likeness (QED) is 0.776. The van der Waals surface area contributed by atoms with Crippen molar-refractivity contribution in [1.29, 1.82) is 0 Å². The molecule has 0 saturated carbocycles. The second-order valence-corrected chi connectivity index (χ2v) is 5.36. The molecule has 0 aliphatic heterocycles. The van der Waals surface area contributed by atoms with Crippen molar-refractivity contribution >= 4 is 5.91 Å². The number of pyridine rings is 2. The molecular weight excluding hydrogens is 321 g/mol. The number of hydrogen-bond donors (Lipinski definition) is 1. The smallest absolute Gasteiger partial charge is 0.251 e. The van der Waals surface area contributed by atoms with Crippen molar-refractivity contribution in [2.45, 2.75) is 6.54 Å². The fraction of sp³-hybridized carbons (Fsp3) is 0.105. The van der Waals surface area contributed by atoms with Crippen LogP contribution in [-0.4, -0.2) is 23.0 Å². The number of carbonyl (C=O) groups is 1. The number of nitrogens with zero attached hydrogens (tertiary/aromatic N) is 2. The number of ether oxygens (including phenoxy) is 1. The largest absolute Gasteiger partial charge is 0.494 e. The Kier molecular flexibility index (Phi) is 4.99. The van der Waals surface area contributed by atoms with Crippen molar-refractivity contribution in [3.63, 3.8) is 0 Å². The second kappa shape index (κ2) is 7.53. The number of aromatic nitrogens is 2. The summed E-state index contributed by atoms with van der Waals surface area (Å²) < 4.78 is 18.5. The Balaban J connectivity index is 1.69. The van der Waals surface area contributed by atoms with Crippen LogP contribution in [0.15, 0.2) is 61.2 Å². The van der Waals surface area contributed by atoms with Crippen molar-refractivity contribution in [2.24, 2.45) is 0 Å². The third-order valence-corrected chi connectivity index (χ3v) is 3.66. The van der Waals surface area contributed by atoms with Crippen molar-refractivity contribution in [3.8, 4) is 16.9 Å². The van der Waals surface area contributed by atoms with E-state index < -0.39 is 5.82 Å². The van der Waals surface area contributed by atoms with Gasteiger partial charge in [-0.15, -0.1) is 0 Å². The molecule has 0 radical (unpaired) electrons. The maximum absolute atomic E-state index is 13.7. The zero-order chi connectivity index (χ0) is 17.6. The van der Waals surface area contributed by atoms with E-state index in [1.54, 1.807) is 24.8 Å². The van der Waals surface area contributed by atoms with Gasteiger partial charge < -0.3 is 10.1 Å². The standard InChI is InChI=1S/C19H16FN3O2/c1-25-18-5-4-14(8-17(18)20)19(24)23-10-13-7-16(12-22-9-13)15-3-2-6-21-11-15/h2-9,11-12H,10H2,1H3,(H,23,24). The van der Waals surface area contributed by atoms with Crippen LogP contribution in [0, 0.1) is 5.82 Å². The molecule has 3 rings (SSSR count). The van der Waals surface area contributed by atoms with E-state index >= 15 is 0 Å². The number of benzene rings is 1. The fourth-order valence-corrected chi connectivity index (χ4v) is 2.37. The third-order valence-electron chi connectivity index (χ3n) is 3.66. The summed E-state index contributed by atoms with van der Waals surface area (Å²) in [5.74, 6) is -0.839. The Morgan fingerprint density at radius 2 is 1.96 bits per heavy atom. The summed E-state index contributed by atoms with van der Waals surface area (Å²) in [5, 5.41) is 2.76. The molecule has 2 heterocycles. The van der Waals surface area contributed by atoms with Crippen LogP contribution in [0.3, 0.4) is 0 Å². The number of nitrogens with one attached hydrogen (secondary N) is 1. The zero-order valence-electron chi connectivity index (χ0n) is 13.6. The first-order valence-corrected chi connectivity index (χ1v) is 7.63. The van der Waals surface area contributed by atoms with E-state index in [1.807, 2.05) is 18.2 Å². The summed E-state index contributed by atoms with van der Waals surface area (Å²) in [4.78, 5) is 20.5. The number of methoxy groups -OCH3 is 1. The number of amides is 1. The van der Waals surface area contributed by atoms with Crippen LogP contribution in [0.4, 0.5) is 4.39 Å². The highest BCUT2D eigenvalue weighted by Gasteiger charge is 2.10. The lowest BCUT2D eigenvalue weighted by Crippen LogP contribution is -2.23. The van der Waals surface area contributed by atoms with Gasteiger partial charge in [-0.05, 0) is 35.9 Å². The van der Waals surface area contributed by atoms with Gasteiger partial charge in [-0.1, -0.05) is 6.07 Å². The Hall–Kier alpha value is -3.28. The number of carbonyl (C=O) groups excluding carboxylic acids is 1. The van der Waals surface area contributed by atoms with Gasteiger partial charge in [0.25, 0.3) is 5.91 Å². The van der Waals surface area contributed by atoms with Gasteiger partial charge in [0.2, 0.25) is 0 Å². The molecule has 25 heavy (non-hydrogen) atoms. The van der Waals surface area contributed by atoms with Crippen molar-refractivity contribution in [1.82, 2.24) is 15.3 Å². The van der Waals surface area contributed by atoms with E-state index in [2.05, 4.69) is 15.3 Å². The number of rotatable bonds is 5. The predicted molar refractivity (Wildman–Crippen MR) is 91.6 cm³/mol. The van der Waals surface area contributed by atoms with Crippen LogP contribution in [0.5, 0.6) is 5.75 Å². The first-order valence-electron chi connectivity index (χ1n) is 7.63. The Bertz CT molecular complexity index is 885. The summed E-state index contributed by atoms with van der Waals surface area (Å²) in [6, 6.07) is 9.81.